The van der Waals surface area contributed by atoms with E-state index in [1.165, 1.54) is 16.7 Å². The average Bonchev–Trinajstić information content (AvgIpc) is 2.60. The maximum Gasteiger partial charge on any atom is 0.0352 e. The summed E-state index contributed by atoms with van der Waals surface area (Å²) in [6.45, 7) is 8.93. The van der Waals surface area contributed by atoms with Gasteiger partial charge in [-0.2, -0.15) is 0 Å². The zero-order chi connectivity index (χ0) is 13.3. The molecule has 0 saturated carbocycles. The van der Waals surface area contributed by atoms with E-state index in [1.807, 2.05) is 19.1 Å². The molecule has 18 heavy (non-hydrogen) atoms. The summed E-state index contributed by atoms with van der Waals surface area (Å²) in [5, 5.41) is 0. The first-order valence-electron chi connectivity index (χ1n) is 6.78. The molecule has 0 saturated heterocycles. The molecule has 0 heterocycles. The van der Waals surface area contributed by atoms with Crippen molar-refractivity contribution in [3.8, 4) is 0 Å². The highest BCUT2D eigenvalue weighted by molar-refractivity contribution is 5.80. The van der Waals surface area contributed by atoms with Gasteiger partial charge in [0.15, 0.2) is 0 Å². The lowest BCUT2D eigenvalue weighted by atomic mass is 9.74. The molecule has 2 atom stereocenters. The van der Waals surface area contributed by atoms with Crippen LogP contribution in [0.1, 0.15) is 45.2 Å². The summed E-state index contributed by atoms with van der Waals surface area (Å²) in [5.41, 5.74) is 11.5. The summed E-state index contributed by atoms with van der Waals surface area (Å²) in [5.74, 6) is 0.469. The smallest absolute Gasteiger partial charge is 0.0352 e. The number of rotatable bonds is 2. The molecule has 1 aliphatic rings. The predicted octanol–water partition coefficient (Wildman–Crippen LogP) is 4.25. The maximum absolute atomic E-state index is 6.26. The van der Waals surface area contributed by atoms with Crippen molar-refractivity contribution in [2.45, 2.75) is 39.5 Å². The van der Waals surface area contributed by atoms with Crippen molar-refractivity contribution in [2.24, 2.45) is 11.7 Å². The molecule has 0 aromatic heterocycles. The van der Waals surface area contributed by atoms with Crippen molar-refractivity contribution in [3.63, 3.8) is 0 Å². The molecule has 1 aromatic rings. The minimum Gasteiger partial charge on any atom is -0.398 e. The number of hydrogen-bond acceptors (Lipinski definition) is 1. The largest absolute Gasteiger partial charge is 0.398 e. The fourth-order valence-corrected chi connectivity index (χ4v) is 3.17. The van der Waals surface area contributed by atoms with E-state index in [9.17, 15) is 0 Å². The van der Waals surface area contributed by atoms with Crippen molar-refractivity contribution < 1.29 is 0 Å². The number of fused-ring (bicyclic) bond motifs is 1. The van der Waals surface area contributed by atoms with Crippen LogP contribution in [0.2, 0.25) is 0 Å². The van der Waals surface area contributed by atoms with E-state index in [4.69, 9.17) is 5.73 Å². The quantitative estimate of drug-likeness (QED) is 0.823. The molecule has 0 aliphatic heterocycles. The third-order valence-electron chi connectivity index (χ3n) is 4.61. The standard InChI is InChI=1S/C17H23N/c1-5-9-15(18)16-12(3)17(4,6-2)14-11-8-7-10-13(14)16/h5,7-12H,6,18H2,1-4H3/b9-5-,16-15-. The molecule has 96 valence electrons. The van der Waals surface area contributed by atoms with Crippen LogP contribution >= 0.6 is 0 Å². The van der Waals surface area contributed by atoms with E-state index in [1.54, 1.807) is 0 Å². The van der Waals surface area contributed by atoms with Gasteiger partial charge in [0, 0.05) is 5.70 Å². The Morgan fingerprint density at radius 3 is 2.67 bits per heavy atom. The van der Waals surface area contributed by atoms with Gasteiger partial charge in [0.25, 0.3) is 0 Å². The Labute approximate surface area is 110 Å². The normalized spacial score (nSPS) is 29.7. The Morgan fingerprint density at radius 2 is 2.06 bits per heavy atom. The van der Waals surface area contributed by atoms with Crippen molar-refractivity contribution in [1.82, 2.24) is 0 Å². The molecule has 0 radical (unpaired) electrons. The highest BCUT2D eigenvalue weighted by Gasteiger charge is 2.42. The summed E-state index contributed by atoms with van der Waals surface area (Å²) in [6.07, 6.45) is 5.17. The van der Waals surface area contributed by atoms with Gasteiger partial charge in [0.1, 0.15) is 0 Å². The first-order valence-corrected chi connectivity index (χ1v) is 6.78. The van der Waals surface area contributed by atoms with E-state index in [0.29, 0.717) is 5.92 Å². The second kappa shape index (κ2) is 4.64. The van der Waals surface area contributed by atoms with Gasteiger partial charge in [-0.1, -0.05) is 51.1 Å². The fourth-order valence-electron chi connectivity index (χ4n) is 3.17. The Kier molecular flexibility index (Phi) is 3.34. The number of nitrogens with two attached hydrogens (primary N) is 1. The molecule has 2 unspecified atom stereocenters. The lowest BCUT2D eigenvalue weighted by Crippen LogP contribution is -2.25. The van der Waals surface area contributed by atoms with Crippen LogP contribution in [-0.4, -0.2) is 0 Å². The van der Waals surface area contributed by atoms with E-state index < -0.39 is 0 Å². The molecular weight excluding hydrogens is 218 g/mol. The number of benzene rings is 1. The van der Waals surface area contributed by atoms with Gasteiger partial charge >= 0.3 is 0 Å². The van der Waals surface area contributed by atoms with Gasteiger partial charge in [-0.3, -0.25) is 0 Å². The Hall–Kier alpha value is -1.50. The summed E-state index contributed by atoms with van der Waals surface area (Å²) < 4.78 is 0. The minimum atomic E-state index is 0.206. The third-order valence-corrected chi connectivity index (χ3v) is 4.61. The Balaban J connectivity index is 2.70. The second-order valence-corrected chi connectivity index (χ2v) is 5.41. The summed E-state index contributed by atoms with van der Waals surface area (Å²) in [6, 6.07) is 8.70. The molecular formula is C17H23N. The molecule has 2 N–H and O–H groups in total. The zero-order valence-electron chi connectivity index (χ0n) is 11.8. The monoisotopic (exact) mass is 241 g/mol. The van der Waals surface area contributed by atoms with Crippen LogP contribution in [-0.2, 0) is 5.41 Å². The van der Waals surface area contributed by atoms with Crippen LogP contribution < -0.4 is 5.73 Å². The van der Waals surface area contributed by atoms with Gasteiger partial charge < -0.3 is 5.73 Å². The first-order chi connectivity index (χ1) is 8.56. The summed E-state index contributed by atoms with van der Waals surface area (Å²) in [7, 11) is 0. The molecule has 2 rings (SSSR count). The summed E-state index contributed by atoms with van der Waals surface area (Å²) >= 11 is 0. The molecule has 1 aliphatic carbocycles. The van der Waals surface area contributed by atoms with Crippen LogP contribution in [0.5, 0.6) is 0 Å². The first kappa shape index (κ1) is 12.9. The maximum atomic E-state index is 6.26. The van der Waals surface area contributed by atoms with E-state index in [0.717, 1.165) is 12.1 Å². The fraction of sp³-hybridized carbons (Fsp3) is 0.412. The minimum absolute atomic E-state index is 0.206. The van der Waals surface area contributed by atoms with Crippen LogP contribution in [0.15, 0.2) is 42.1 Å². The second-order valence-electron chi connectivity index (χ2n) is 5.41. The number of hydrogen-bond donors (Lipinski definition) is 1. The molecule has 1 heteroatoms. The van der Waals surface area contributed by atoms with Crippen LogP contribution in [0.4, 0.5) is 0 Å². The third kappa shape index (κ3) is 1.69. The van der Waals surface area contributed by atoms with E-state index in [-0.39, 0.29) is 5.41 Å². The molecule has 1 aromatic carbocycles. The van der Waals surface area contributed by atoms with E-state index >= 15 is 0 Å². The van der Waals surface area contributed by atoms with Crippen molar-refractivity contribution in [2.75, 3.05) is 0 Å². The average molecular weight is 241 g/mol. The highest BCUT2D eigenvalue weighted by Crippen LogP contribution is 2.52. The SMILES string of the molecule is C/C=C\C(N)=C1\c2ccccc2C(C)(CC)C1C. The van der Waals surface area contributed by atoms with Gasteiger partial charge in [-0.25, -0.2) is 0 Å². The van der Waals surface area contributed by atoms with Gasteiger partial charge in [0.05, 0.1) is 0 Å². The zero-order valence-corrected chi connectivity index (χ0v) is 11.8. The van der Waals surface area contributed by atoms with Crippen molar-refractivity contribution in [3.05, 3.63) is 53.2 Å². The Bertz CT molecular complexity index is 510. The van der Waals surface area contributed by atoms with Crippen LogP contribution in [0, 0.1) is 5.92 Å². The van der Waals surface area contributed by atoms with Crippen molar-refractivity contribution in [1.29, 1.82) is 0 Å². The molecule has 0 fully saturated rings. The van der Waals surface area contributed by atoms with Crippen molar-refractivity contribution >= 4 is 5.57 Å². The van der Waals surface area contributed by atoms with Crippen LogP contribution in [0.3, 0.4) is 0 Å². The lowest BCUT2D eigenvalue weighted by molar-refractivity contribution is 0.384. The number of allylic oxidation sites excluding steroid dienone is 3. The highest BCUT2D eigenvalue weighted by atomic mass is 14.6. The topological polar surface area (TPSA) is 26.0 Å². The van der Waals surface area contributed by atoms with Gasteiger partial charge in [-0.05, 0) is 47.5 Å². The van der Waals surface area contributed by atoms with Gasteiger partial charge in [-0.15, -0.1) is 0 Å². The lowest BCUT2D eigenvalue weighted by Gasteiger charge is -2.29. The van der Waals surface area contributed by atoms with Crippen LogP contribution in [0.25, 0.3) is 5.57 Å². The van der Waals surface area contributed by atoms with E-state index in [2.05, 4.69) is 45.0 Å². The molecule has 1 nitrogen and oxygen atoms in total. The molecule has 0 bridgehead atoms. The van der Waals surface area contributed by atoms with Gasteiger partial charge in [0.2, 0.25) is 0 Å². The predicted molar refractivity (Wildman–Crippen MR) is 79.2 cm³/mol. The Morgan fingerprint density at radius 1 is 1.39 bits per heavy atom. The molecule has 0 amide bonds. The molecule has 0 spiro atoms. The summed E-state index contributed by atoms with van der Waals surface area (Å²) in [4.78, 5) is 0.